The molecule has 0 saturated carbocycles. The van der Waals surface area contributed by atoms with E-state index in [1.807, 2.05) is 12.1 Å². The third-order valence-electron chi connectivity index (χ3n) is 1.77. The van der Waals surface area contributed by atoms with Crippen molar-refractivity contribution in [1.29, 1.82) is 0 Å². The maximum atomic E-state index is 2.15. The molecular weight excluding hydrogens is 303 g/mol. The van der Waals surface area contributed by atoms with Crippen LogP contribution in [0.15, 0.2) is 70.5 Å². The van der Waals surface area contributed by atoms with Gasteiger partial charge in [-0.15, -0.1) is 0 Å². The molecular formula is C12H11IS. The fourth-order valence-electron chi connectivity index (χ4n) is 1.15. The van der Waals surface area contributed by atoms with Gasteiger partial charge in [-0.25, -0.2) is 0 Å². The second-order valence-electron chi connectivity index (χ2n) is 2.78. The molecule has 0 atom stereocenters. The highest BCUT2D eigenvalue weighted by Crippen LogP contribution is 2.10. The molecule has 0 heterocycles. The molecule has 0 N–H and O–H groups in total. The highest BCUT2D eigenvalue weighted by atomic mass is 127. The molecule has 2 rings (SSSR count). The molecule has 0 aliphatic heterocycles. The molecule has 0 amide bonds. The first-order chi connectivity index (χ1) is 6.45. The van der Waals surface area contributed by atoms with Gasteiger partial charge >= 0.3 is 0 Å². The van der Waals surface area contributed by atoms with Crippen LogP contribution in [0.4, 0.5) is 0 Å². The van der Waals surface area contributed by atoms with Crippen molar-refractivity contribution in [2.24, 2.45) is 0 Å². The van der Waals surface area contributed by atoms with Crippen LogP contribution >= 0.6 is 0 Å². The summed E-state index contributed by atoms with van der Waals surface area (Å²) in [6.45, 7) is 0. The molecule has 0 aromatic heterocycles. The quantitative estimate of drug-likeness (QED) is 0.413. The Hall–Kier alpha value is -0.480. The highest BCUT2D eigenvalue weighted by Gasteiger charge is 2.03. The van der Waals surface area contributed by atoms with Gasteiger partial charge in [0.25, 0.3) is 0 Å². The molecule has 0 aliphatic rings. The molecule has 0 aliphatic carbocycles. The van der Waals surface area contributed by atoms with Crippen molar-refractivity contribution >= 4 is 11.8 Å². The average Bonchev–Trinajstić information content (AvgIpc) is 2.21. The van der Waals surface area contributed by atoms with E-state index in [2.05, 4.69) is 48.5 Å². The summed E-state index contributed by atoms with van der Waals surface area (Å²) >= 11 is 1.28. The van der Waals surface area contributed by atoms with Crippen LogP contribution < -0.4 is 24.0 Å². The number of benzene rings is 2. The van der Waals surface area contributed by atoms with Gasteiger partial charge in [0.15, 0.2) is 9.79 Å². The first-order valence-corrected chi connectivity index (χ1v) is 5.16. The lowest BCUT2D eigenvalue weighted by Crippen LogP contribution is -3.00. The normalized spacial score (nSPS) is 9.14. The van der Waals surface area contributed by atoms with E-state index >= 15 is 0 Å². The van der Waals surface area contributed by atoms with E-state index in [0.29, 0.717) is 0 Å². The van der Waals surface area contributed by atoms with Crippen LogP contribution in [0.5, 0.6) is 0 Å². The van der Waals surface area contributed by atoms with Gasteiger partial charge in [0.2, 0.25) is 0 Å². The zero-order valence-electron chi connectivity index (χ0n) is 7.60. The molecule has 0 radical (unpaired) electrons. The van der Waals surface area contributed by atoms with Gasteiger partial charge in [-0.05, 0) is 24.3 Å². The number of rotatable bonds is 2. The first kappa shape index (κ1) is 11.6. The topological polar surface area (TPSA) is 0 Å². The molecule has 0 nitrogen and oxygen atoms in total. The standard InChI is InChI=1S/C12H10S.HI/c1-3-7-11(8-4-1)13-12-9-5-2-6-10-12;/h1-10H;1H. The van der Waals surface area contributed by atoms with Crippen LogP contribution in [0.2, 0.25) is 0 Å². The van der Waals surface area contributed by atoms with Gasteiger partial charge in [-0.3, -0.25) is 0 Å². The fourth-order valence-corrected chi connectivity index (χ4v) is 2.09. The lowest BCUT2D eigenvalue weighted by Gasteiger charge is -1.90. The maximum Gasteiger partial charge on any atom is 0.158 e. The Morgan fingerprint density at radius 1 is 0.571 bits per heavy atom. The van der Waals surface area contributed by atoms with Gasteiger partial charge < -0.3 is 24.0 Å². The second kappa shape index (κ2) is 6.09. The molecule has 2 heteroatoms. The van der Waals surface area contributed by atoms with Crippen LogP contribution in [-0.4, -0.2) is 0 Å². The summed E-state index contributed by atoms with van der Waals surface area (Å²) in [5.41, 5.74) is 0. The van der Waals surface area contributed by atoms with Crippen LogP contribution in [0, 0.1) is 0 Å². The van der Waals surface area contributed by atoms with E-state index in [1.165, 1.54) is 21.6 Å². The molecule has 0 unspecified atom stereocenters. The smallest absolute Gasteiger partial charge is 0.158 e. The largest absolute Gasteiger partial charge is 1.00 e. The summed E-state index contributed by atoms with van der Waals surface area (Å²) < 4.78 is 0. The summed E-state index contributed by atoms with van der Waals surface area (Å²) in [4.78, 5) is 2.68. The number of thiol groups is 1. The van der Waals surface area contributed by atoms with E-state index in [-0.39, 0.29) is 24.0 Å². The molecule has 0 saturated heterocycles. The van der Waals surface area contributed by atoms with Crippen LogP contribution in [0.3, 0.4) is 0 Å². The molecule has 14 heavy (non-hydrogen) atoms. The highest BCUT2D eigenvalue weighted by molar-refractivity contribution is 7.78. The summed E-state index contributed by atoms with van der Waals surface area (Å²) in [7, 11) is 0. The summed E-state index contributed by atoms with van der Waals surface area (Å²) in [5.74, 6) is 0. The van der Waals surface area contributed by atoms with Gasteiger partial charge in [0.05, 0.1) is 0 Å². The van der Waals surface area contributed by atoms with Crippen molar-refractivity contribution < 1.29 is 24.0 Å². The molecule has 0 fully saturated rings. The predicted octanol–water partition coefficient (Wildman–Crippen LogP) is -0.0765. The Bertz CT molecular complexity index is 321. The monoisotopic (exact) mass is 314 g/mol. The van der Waals surface area contributed by atoms with E-state index < -0.39 is 0 Å². The number of hydrogen-bond donors (Lipinski definition) is 0. The molecule has 2 aromatic carbocycles. The van der Waals surface area contributed by atoms with Crippen molar-refractivity contribution in [3.63, 3.8) is 0 Å². The minimum Gasteiger partial charge on any atom is -1.00 e. The third kappa shape index (κ3) is 3.35. The van der Waals surface area contributed by atoms with E-state index in [1.54, 1.807) is 0 Å². The average molecular weight is 314 g/mol. The van der Waals surface area contributed by atoms with E-state index in [9.17, 15) is 0 Å². The third-order valence-corrected chi connectivity index (χ3v) is 2.88. The minimum absolute atomic E-state index is 0. The molecule has 2 aromatic rings. The van der Waals surface area contributed by atoms with Gasteiger partial charge in [0, 0.05) is 11.8 Å². The van der Waals surface area contributed by atoms with E-state index in [0.717, 1.165) is 0 Å². The lowest BCUT2D eigenvalue weighted by atomic mass is 10.4. The summed E-state index contributed by atoms with van der Waals surface area (Å²) in [6.07, 6.45) is 0. The molecule has 0 bridgehead atoms. The van der Waals surface area contributed by atoms with E-state index in [4.69, 9.17) is 0 Å². The predicted molar refractivity (Wildman–Crippen MR) is 58.2 cm³/mol. The van der Waals surface area contributed by atoms with Crippen molar-refractivity contribution in [3.8, 4) is 0 Å². The Kier molecular flexibility index (Phi) is 5.04. The maximum absolute atomic E-state index is 2.15. The fraction of sp³-hybridized carbons (Fsp3) is 0. The Labute approximate surface area is 106 Å². The molecule has 72 valence electrons. The van der Waals surface area contributed by atoms with Crippen LogP contribution in [0.1, 0.15) is 0 Å². The van der Waals surface area contributed by atoms with Gasteiger partial charge in [-0.2, -0.15) is 0 Å². The zero-order chi connectivity index (χ0) is 8.93. The number of hydrogen-bond acceptors (Lipinski definition) is 0. The second-order valence-corrected chi connectivity index (χ2v) is 4.04. The van der Waals surface area contributed by atoms with Crippen molar-refractivity contribution in [2.75, 3.05) is 0 Å². The van der Waals surface area contributed by atoms with Crippen molar-refractivity contribution in [2.45, 2.75) is 9.79 Å². The van der Waals surface area contributed by atoms with Gasteiger partial charge in [-0.1, -0.05) is 36.4 Å². The molecule has 0 spiro atoms. The SMILES string of the molecule is [I-].c1ccc([SH+]c2ccccc2)cc1. The number of halogens is 1. The van der Waals surface area contributed by atoms with Crippen molar-refractivity contribution in [1.82, 2.24) is 0 Å². The minimum atomic E-state index is 0. The van der Waals surface area contributed by atoms with Gasteiger partial charge in [0.1, 0.15) is 0 Å². The Balaban J connectivity index is 0.000000980. The lowest BCUT2D eigenvalue weighted by molar-refractivity contribution is -0.00000251. The Morgan fingerprint density at radius 2 is 0.929 bits per heavy atom. The first-order valence-electron chi connectivity index (χ1n) is 4.27. The van der Waals surface area contributed by atoms with Crippen LogP contribution in [0.25, 0.3) is 0 Å². The summed E-state index contributed by atoms with van der Waals surface area (Å²) in [6, 6.07) is 21.0. The summed E-state index contributed by atoms with van der Waals surface area (Å²) in [5, 5.41) is 0. The van der Waals surface area contributed by atoms with Crippen LogP contribution in [-0.2, 0) is 11.8 Å². The van der Waals surface area contributed by atoms with Crippen molar-refractivity contribution in [3.05, 3.63) is 60.7 Å². The Morgan fingerprint density at radius 3 is 1.29 bits per heavy atom. The zero-order valence-corrected chi connectivity index (χ0v) is 10.7.